The average Bonchev–Trinajstić information content (AvgIpc) is 3.01. The molecule has 154 valence electrons. The second-order valence-corrected chi connectivity index (χ2v) is 7.84. The lowest BCUT2D eigenvalue weighted by molar-refractivity contribution is -0.156. The molecule has 2 atom stereocenters. The van der Waals surface area contributed by atoms with Gasteiger partial charge in [0.1, 0.15) is 5.60 Å². The van der Waals surface area contributed by atoms with Gasteiger partial charge < -0.3 is 19.5 Å². The van der Waals surface area contributed by atoms with Crippen LogP contribution in [0.25, 0.3) is 0 Å². The van der Waals surface area contributed by atoms with Gasteiger partial charge in [0.25, 0.3) is 5.91 Å². The second kappa shape index (κ2) is 8.55. The minimum absolute atomic E-state index is 0.187. The summed E-state index contributed by atoms with van der Waals surface area (Å²) in [6, 6.07) is 15.0. The van der Waals surface area contributed by atoms with Crippen molar-refractivity contribution in [2.24, 2.45) is 0 Å². The number of ether oxygens (including phenoxy) is 3. The Morgan fingerprint density at radius 3 is 2.55 bits per heavy atom. The molecule has 1 heterocycles. The molecule has 0 saturated carbocycles. The molecular formula is C23H27NO5. The van der Waals surface area contributed by atoms with E-state index in [-0.39, 0.29) is 24.2 Å². The van der Waals surface area contributed by atoms with Crippen molar-refractivity contribution in [3.8, 4) is 11.5 Å². The quantitative estimate of drug-likeness (QED) is 0.723. The number of esters is 1. The third kappa shape index (κ3) is 5.28. The lowest BCUT2D eigenvalue weighted by Gasteiger charge is -2.19. The predicted octanol–water partition coefficient (Wildman–Crippen LogP) is 3.59. The van der Waals surface area contributed by atoms with Crippen molar-refractivity contribution >= 4 is 11.9 Å². The molecule has 29 heavy (non-hydrogen) atoms. The van der Waals surface area contributed by atoms with Crippen molar-refractivity contribution in [3.63, 3.8) is 0 Å². The van der Waals surface area contributed by atoms with Crippen LogP contribution in [0.3, 0.4) is 0 Å². The lowest BCUT2D eigenvalue weighted by Crippen LogP contribution is -2.38. The summed E-state index contributed by atoms with van der Waals surface area (Å²) < 4.78 is 16.7. The third-order valence-corrected chi connectivity index (χ3v) is 4.74. The Morgan fingerprint density at radius 2 is 1.83 bits per heavy atom. The van der Waals surface area contributed by atoms with E-state index in [2.05, 4.69) is 5.32 Å². The normalized spacial score (nSPS) is 16.1. The Bertz CT molecular complexity index is 878. The summed E-state index contributed by atoms with van der Waals surface area (Å²) in [5.74, 6) is 0.183. The smallest absolute Gasteiger partial charge is 0.344 e. The molecule has 2 unspecified atom stereocenters. The first-order valence-corrected chi connectivity index (χ1v) is 9.74. The number of hydrogen-bond donors (Lipinski definition) is 1. The molecule has 1 N–H and O–H groups in total. The maximum atomic E-state index is 12.3. The number of amides is 1. The number of rotatable bonds is 7. The van der Waals surface area contributed by atoms with Crippen LogP contribution < -0.4 is 14.8 Å². The number of benzene rings is 2. The summed E-state index contributed by atoms with van der Waals surface area (Å²) in [6.45, 7) is 7.12. The zero-order chi connectivity index (χ0) is 21.0. The summed E-state index contributed by atoms with van der Waals surface area (Å²) in [5.41, 5.74) is 1.72. The predicted molar refractivity (Wildman–Crippen MR) is 109 cm³/mol. The number of fused-ring (bicyclic) bond motifs is 1. The van der Waals surface area contributed by atoms with Crippen LogP contribution in [0.15, 0.2) is 48.5 Å². The first-order valence-electron chi connectivity index (χ1n) is 9.74. The van der Waals surface area contributed by atoms with Gasteiger partial charge in [-0.05, 0) is 39.3 Å². The van der Waals surface area contributed by atoms with Crippen LogP contribution in [-0.4, -0.2) is 30.2 Å². The molecule has 2 aromatic rings. The highest BCUT2D eigenvalue weighted by Crippen LogP contribution is 2.41. The summed E-state index contributed by atoms with van der Waals surface area (Å²) in [4.78, 5) is 24.5. The molecule has 0 radical (unpaired) electrons. The van der Waals surface area contributed by atoms with Crippen molar-refractivity contribution in [2.75, 3.05) is 6.61 Å². The number of carbonyl (C=O) groups is 2. The zero-order valence-electron chi connectivity index (χ0n) is 17.2. The Kier molecular flexibility index (Phi) is 6.11. The summed E-state index contributed by atoms with van der Waals surface area (Å²) in [6.07, 6.45) is -0.144. The zero-order valence-corrected chi connectivity index (χ0v) is 17.2. The number of nitrogens with one attached hydrogen (secondary N) is 1. The van der Waals surface area contributed by atoms with Crippen molar-refractivity contribution in [1.82, 2.24) is 5.32 Å². The summed E-state index contributed by atoms with van der Waals surface area (Å²) in [5, 5.41) is 2.84. The maximum Gasteiger partial charge on any atom is 0.344 e. The largest absolute Gasteiger partial charge is 0.483 e. The van der Waals surface area contributed by atoms with E-state index < -0.39 is 12.1 Å². The van der Waals surface area contributed by atoms with Crippen molar-refractivity contribution in [3.05, 3.63) is 59.7 Å². The Hall–Kier alpha value is -3.02. The lowest BCUT2D eigenvalue weighted by atomic mass is 10.0. The number of para-hydroxylation sites is 1. The van der Waals surface area contributed by atoms with Crippen LogP contribution in [0.1, 0.15) is 44.9 Å². The summed E-state index contributed by atoms with van der Waals surface area (Å²) >= 11 is 0. The Morgan fingerprint density at radius 1 is 1.10 bits per heavy atom. The molecule has 1 aliphatic heterocycles. The fourth-order valence-corrected chi connectivity index (χ4v) is 3.28. The highest BCUT2D eigenvalue weighted by atomic mass is 16.6. The van der Waals surface area contributed by atoms with Crippen LogP contribution in [0.2, 0.25) is 0 Å². The fraction of sp³-hybridized carbons (Fsp3) is 0.391. The minimum atomic E-state index is -0.922. The molecular weight excluding hydrogens is 370 g/mol. The fourth-order valence-electron chi connectivity index (χ4n) is 3.28. The average molecular weight is 397 g/mol. The maximum absolute atomic E-state index is 12.3. The molecule has 0 fully saturated rings. The van der Waals surface area contributed by atoms with E-state index in [0.29, 0.717) is 11.5 Å². The molecule has 0 bridgehead atoms. The van der Waals surface area contributed by atoms with E-state index >= 15 is 0 Å². The van der Waals surface area contributed by atoms with Gasteiger partial charge in [0.05, 0.1) is 6.04 Å². The molecule has 0 aromatic heterocycles. The van der Waals surface area contributed by atoms with Gasteiger partial charge in [-0.3, -0.25) is 4.79 Å². The van der Waals surface area contributed by atoms with Crippen LogP contribution in [0.5, 0.6) is 11.5 Å². The molecule has 0 saturated heterocycles. The first-order chi connectivity index (χ1) is 13.7. The van der Waals surface area contributed by atoms with Crippen LogP contribution >= 0.6 is 0 Å². The van der Waals surface area contributed by atoms with E-state index in [0.717, 1.165) is 17.5 Å². The van der Waals surface area contributed by atoms with Crippen molar-refractivity contribution in [1.29, 1.82) is 0 Å². The molecule has 1 aliphatic rings. The van der Waals surface area contributed by atoms with Gasteiger partial charge in [-0.2, -0.15) is 0 Å². The minimum Gasteiger partial charge on any atom is -0.483 e. The molecule has 1 amide bonds. The van der Waals surface area contributed by atoms with Crippen LogP contribution in [0.4, 0.5) is 0 Å². The Labute approximate surface area is 171 Å². The van der Waals surface area contributed by atoms with Crippen LogP contribution in [0, 0.1) is 0 Å². The third-order valence-electron chi connectivity index (χ3n) is 4.74. The molecule has 3 rings (SSSR count). The van der Waals surface area contributed by atoms with E-state index in [1.807, 2.05) is 63.2 Å². The number of hydrogen-bond acceptors (Lipinski definition) is 5. The molecule has 0 spiro atoms. The van der Waals surface area contributed by atoms with Gasteiger partial charge in [0.2, 0.25) is 0 Å². The van der Waals surface area contributed by atoms with Crippen molar-refractivity contribution in [2.45, 2.75) is 51.9 Å². The first kappa shape index (κ1) is 20.7. The molecule has 2 aromatic carbocycles. The monoisotopic (exact) mass is 397 g/mol. The number of carbonyl (C=O) groups excluding carboxylic acids is 2. The molecule has 0 aliphatic carbocycles. The summed E-state index contributed by atoms with van der Waals surface area (Å²) in [7, 11) is 0. The van der Waals surface area contributed by atoms with E-state index in [1.165, 1.54) is 6.92 Å². The van der Waals surface area contributed by atoms with Crippen LogP contribution in [-0.2, 0) is 20.7 Å². The highest BCUT2D eigenvalue weighted by Gasteiger charge is 2.32. The molecule has 6 heteroatoms. The standard InChI is InChI=1S/C23H27NO5/c1-15(17-9-6-5-7-10-17)24-22(26)16(2)28-20(25)14-27-19-12-8-11-18-13-23(3,4)29-21(18)19/h5-12,15-16H,13-14H2,1-4H3,(H,24,26). The van der Waals surface area contributed by atoms with Gasteiger partial charge >= 0.3 is 5.97 Å². The van der Waals surface area contributed by atoms with E-state index in [1.54, 1.807) is 6.07 Å². The van der Waals surface area contributed by atoms with E-state index in [9.17, 15) is 9.59 Å². The van der Waals surface area contributed by atoms with E-state index in [4.69, 9.17) is 14.2 Å². The topological polar surface area (TPSA) is 73.9 Å². The van der Waals surface area contributed by atoms with Gasteiger partial charge in [-0.1, -0.05) is 42.5 Å². The highest BCUT2D eigenvalue weighted by molar-refractivity contribution is 5.84. The van der Waals surface area contributed by atoms with Crippen molar-refractivity contribution < 1.29 is 23.8 Å². The Balaban J connectivity index is 1.50. The van der Waals surface area contributed by atoms with Gasteiger partial charge in [-0.15, -0.1) is 0 Å². The van der Waals surface area contributed by atoms with Gasteiger partial charge in [-0.25, -0.2) is 4.79 Å². The molecule has 6 nitrogen and oxygen atoms in total. The van der Waals surface area contributed by atoms with Gasteiger partial charge in [0.15, 0.2) is 24.2 Å². The SMILES string of the molecule is CC(OC(=O)COc1cccc2c1OC(C)(C)C2)C(=O)NC(C)c1ccccc1. The van der Waals surface area contributed by atoms with Gasteiger partial charge in [0, 0.05) is 12.0 Å². The second-order valence-electron chi connectivity index (χ2n) is 7.84.